The van der Waals surface area contributed by atoms with Gasteiger partial charge in [-0.05, 0) is 24.3 Å². The maximum atomic E-state index is 11.6. The van der Waals surface area contributed by atoms with Crippen molar-refractivity contribution in [2.45, 2.75) is 6.42 Å². The Kier molecular flexibility index (Phi) is 4.28. The summed E-state index contributed by atoms with van der Waals surface area (Å²) in [6.07, 6.45) is 4.78. The fraction of sp³-hybridized carbons (Fsp3) is 0.154. The number of nitrogens with one attached hydrogen (secondary N) is 2. The number of hydrogen-bond acceptors (Lipinski definition) is 4. The quantitative estimate of drug-likeness (QED) is 0.850. The molecule has 0 bridgehead atoms. The fourth-order valence-electron chi connectivity index (χ4n) is 1.44. The van der Waals surface area contributed by atoms with Crippen LogP contribution in [0.25, 0.3) is 0 Å². The second kappa shape index (κ2) is 6.34. The second-order valence-corrected chi connectivity index (χ2v) is 3.77. The van der Waals surface area contributed by atoms with Gasteiger partial charge < -0.3 is 15.1 Å². The number of pyridine rings is 1. The first-order valence-corrected chi connectivity index (χ1v) is 5.77. The molecule has 0 atom stereocenters. The molecule has 0 aromatic carbocycles. The summed E-state index contributed by atoms with van der Waals surface area (Å²) < 4.78 is 4.93. The molecule has 0 aliphatic rings. The average Bonchev–Trinajstić information content (AvgIpc) is 2.93. The molecule has 2 aromatic heterocycles. The topological polar surface area (TPSA) is 84.2 Å². The molecule has 2 aromatic rings. The summed E-state index contributed by atoms with van der Waals surface area (Å²) in [6, 6.07) is 6.66. The summed E-state index contributed by atoms with van der Waals surface area (Å²) in [4.78, 5) is 26.9. The largest absolute Gasteiger partial charge is 0.459 e. The van der Waals surface area contributed by atoms with Gasteiger partial charge in [0.15, 0.2) is 5.76 Å². The van der Waals surface area contributed by atoms with Crippen molar-refractivity contribution in [3.63, 3.8) is 0 Å². The van der Waals surface area contributed by atoms with Crippen molar-refractivity contribution in [3.8, 4) is 0 Å². The van der Waals surface area contributed by atoms with Crippen LogP contribution in [0, 0.1) is 0 Å². The van der Waals surface area contributed by atoms with Crippen LogP contribution in [0.4, 0.5) is 5.69 Å². The van der Waals surface area contributed by atoms with E-state index in [4.69, 9.17) is 4.42 Å². The van der Waals surface area contributed by atoms with Gasteiger partial charge in [0.05, 0.1) is 18.1 Å². The van der Waals surface area contributed by atoms with Crippen molar-refractivity contribution >= 4 is 17.5 Å². The third-order valence-electron chi connectivity index (χ3n) is 2.33. The zero-order chi connectivity index (χ0) is 13.5. The summed E-state index contributed by atoms with van der Waals surface area (Å²) in [5, 5.41) is 5.27. The molecule has 2 amide bonds. The van der Waals surface area contributed by atoms with Crippen LogP contribution in [0.1, 0.15) is 17.0 Å². The van der Waals surface area contributed by atoms with Gasteiger partial charge in [0.25, 0.3) is 5.91 Å². The smallest absolute Gasteiger partial charge is 0.286 e. The van der Waals surface area contributed by atoms with E-state index in [0.717, 1.165) is 0 Å². The Balaban J connectivity index is 1.71. The highest BCUT2D eigenvalue weighted by Crippen LogP contribution is 2.03. The molecule has 0 aliphatic carbocycles. The minimum atomic E-state index is -0.334. The van der Waals surface area contributed by atoms with Crippen molar-refractivity contribution < 1.29 is 14.0 Å². The molecule has 0 spiro atoms. The number of hydrogen-bond donors (Lipinski definition) is 2. The highest BCUT2D eigenvalue weighted by molar-refractivity contribution is 5.93. The van der Waals surface area contributed by atoms with Gasteiger partial charge in [-0.3, -0.25) is 14.6 Å². The van der Waals surface area contributed by atoms with E-state index in [1.54, 1.807) is 36.7 Å². The van der Waals surface area contributed by atoms with E-state index in [1.165, 1.54) is 6.26 Å². The molecule has 0 radical (unpaired) electrons. The highest BCUT2D eigenvalue weighted by Gasteiger charge is 2.08. The number of anilines is 1. The lowest BCUT2D eigenvalue weighted by atomic mass is 10.3. The van der Waals surface area contributed by atoms with Crippen LogP contribution < -0.4 is 10.6 Å². The van der Waals surface area contributed by atoms with Crippen LogP contribution in [-0.2, 0) is 4.79 Å². The molecule has 0 fully saturated rings. The number of carbonyl (C=O) groups excluding carboxylic acids is 2. The van der Waals surface area contributed by atoms with Crippen molar-refractivity contribution in [2.75, 3.05) is 11.9 Å². The Morgan fingerprint density at radius 2 is 2.16 bits per heavy atom. The van der Waals surface area contributed by atoms with E-state index in [2.05, 4.69) is 15.6 Å². The Hall–Kier alpha value is -2.63. The normalized spacial score (nSPS) is 9.89. The standard InChI is InChI=1S/C13H13N3O3/c17-12(16-10-3-1-6-14-9-10)5-7-15-13(18)11-4-2-8-19-11/h1-4,6,8-9H,5,7H2,(H,15,18)(H,16,17). The SMILES string of the molecule is O=C(CCNC(=O)c1ccco1)Nc1cccnc1. The van der Waals surface area contributed by atoms with Crippen molar-refractivity contribution in [1.82, 2.24) is 10.3 Å². The number of aromatic nitrogens is 1. The number of nitrogens with zero attached hydrogens (tertiary/aromatic N) is 1. The lowest BCUT2D eigenvalue weighted by Crippen LogP contribution is -2.27. The Labute approximate surface area is 109 Å². The fourth-order valence-corrected chi connectivity index (χ4v) is 1.44. The molecular weight excluding hydrogens is 246 g/mol. The highest BCUT2D eigenvalue weighted by atomic mass is 16.3. The maximum absolute atomic E-state index is 11.6. The molecule has 0 saturated carbocycles. The summed E-state index contributed by atoms with van der Waals surface area (Å²) in [5.74, 6) is -0.292. The van der Waals surface area contributed by atoms with Gasteiger partial charge in [0.1, 0.15) is 0 Å². The van der Waals surface area contributed by atoms with Crippen molar-refractivity contribution in [1.29, 1.82) is 0 Å². The van der Waals surface area contributed by atoms with Gasteiger partial charge in [0.2, 0.25) is 5.91 Å². The number of rotatable bonds is 5. The first-order valence-electron chi connectivity index (χ1n) is 5.77. The molecular formula is C13H13N3O3. The van der Waals surface area contributed by atoms with Crippen LogP contribution in [-0.4, -0.2) is 23.3 Å². The van der Waals surface area contributed by atoms with Crippen molar-refractivity contribution in [2.24, 2.45) is 0 Å². The van der Waals surface area contributed by atoms with Gasteiger partial charge in [-0.2, -0.15) is 0 Å². The molecule has 0 saturated heterocycles. The summed E-state index contributed by atoms with van der Waals surface area (Å²) in [7, 11) is 0. The van der Waals surface area contributed by atoms with E-state index in [9.17, 15) is 9.59 Å². The first-order chi connectivity index (χ1) is 9.25. The lowest BCUT2D eigenvalue weighted by molar-refractivity contribution is -0.116. The average molecular weight is 259 g/mol. The molecule has 2 heterocycles. The molecule has 6 heteroatoms. The molecule has 2 rings (SSSR count). The molecule has 0 unspecified atom stereocenters. The Morgan fingerprint density at radius 1 is 1.26 bits per heavy atom. The van der Waals surface area contributed by atoms with Gasteiger partial charge in [0, 0.05) is 19.2 Å². The minimum Gasteiger partial charge on any atom is -0.459 e. The Bertz CT molecular complexity index is 538. The molecule has 6 nitrogen and oxygen atoms in total. The molecule has 0 aliphatic heterocycles. The lowest BCUT2D eigenvalue weighted by Gasteiger charge is -2.05. The van der Waals surface area contributed by atoms with E-state index >= 15 is 0 Å². The van der Waals surface area contributed by atoms with Gasteiger partial charge in [-0.1, -0.05) is 0 Å². The number of furan rings is 1. The van der Waals surface area contributed by atoms with Gasteiger partial charge >= 0.3 is 0 Å². The molecule has 19 heavy (non-hydrogen) atoms. The first kappa shape index (κ1) is 12.8. The maximum Gasteiger partial charge on any atom is 0.286 e. The third-order valence-corrected chi connectivity index (χ3v) is 2.33. The van der Waals surface area contributed by atoms with Crippen LogP contribution >= 0.6 is 0 Å². The summed E-state index contributed by atoms with van der Waals surface area (Å²) in [6.45, 7) is 0.242. The van der Waals surface area contributed by atoms with Crippen molar-refractivity contribution in [3.05, 3.63) is 48.7 Å². The predicted molar refractivity (Wildman–Crippen MR) is 68.5 cm³/mol. The summed E-state index contributed by atoms with van der Waals surface area (Å²) in [5.41, 5.74) is 0.630. The van der Waals surface area contributed by atoms with Gasteiger partial charge in [-0.15, -0.1) is 0 Å². The van der Waals surface area contributed by atoms with Gasteiger partial charge in [-0.25, -0.2) is 0 Å². The zero-order valence-electron chi connectivity index (χ0n) is 10.1. The molecule has 98 valence electrons. The van der Waals surface area contributed by atoms with E-state index in [-0.39, 0.29) is 30.5 Å². The minimum absolute atomic E-state index is 0.182. The van der Waals surface area contributed by atoms with Crippen LogP contribution in [0.15, 0.2) is 47.3 Å². The van der Waals surface area contributed by atoms with Crippen LogP contribution in [0.5, 0.6) is 0 Å². The van der Waals surface area contributed by atoms with E-state index in [0.29, 0.717) is 5.69 Å². The summed E-state index contributed by atoms with van der Waals surface area (Å²) >= 11 is 0. The van der Waals surface area contributed by atoms with Crippen LogP contribution in [0.2, 0.25) is 0 Å². The monoisotopic (exact) mass is 259 g/mol. The Morgan fingerprint density at radius 3 is 2.84 bits per heavy atom. The number of amides is 2. The molecule has 2 N–H and O–H groups in total. The zero-order valence-corrected chi connectivity index (χ0v) is 10.1. The van der Waals surface area contributed by atoms with E-state index in [1.807, 2.05) is 0 Å². The van der Waals surface area contributed by atoms with E-state index < -0.39 is 0 Å². The second-order valence-electron chi connectivity index (χ2n) is 3.77. The number of carbonyl (C=O) groups is 2. The van der Waals surface area contributed by atoms with Crippen LogP contribution in [0.3, 0.4) is 0 Å². The third kappa shape index (κ3) is 3.95. The predicted octanol–water partition coefficient (Wildman–Crippen LogP) is 1.43.